The summed E-state index contributed by atoms with van der Waals surface area (Å²) < 4.78 is 10.9. The first-order valence-corrected chi connectivity index (χ1v) is 9.77. The van der Waals surface area contributed by atoms with Crippen LogP contribution >= 0.6 is 11.8 Å². The van der Waals surface area contributed by atoms with E-state index in [1.165, 1.54) is 11.8 Å². The van der Waals surface area contributed by atoms with E-state index in [1.54, 1.807) is 0 Å². The lowest BCUT2D eigenvalue weighted by molar-refractivity contribution is -0.118. The average molecular weight is 375 g/mol. The van der Waals surface area contributed by atoms with Gasteiger partial charge in [0.2, 0.25) is 5.91 Å². The quantitative estimate of drug-likeness (QED) is 0.591. The number of nitrogens with one attached hydrogen (secondary N) is 1. The van der Waals surface area contributed by atoms with Gasteiger partial charge in [-0.2, -0.15) is 0 Å². The number of ether oxygens (including phenoxy) is 2. The fraction of sp³-hybridized carbons (Fsp3) is 0.350. The monoisotopic (exact) mass is 375 g/mol. The van der Waals surface area contributed by atoms with Gasteiger partial charge in [-0.05, 0) is 36.8 Å². The normalized spacial score (nSPS) is 11.6. The molecule has 0 fully saturated rings. The van der Waals surface area contributed by atoms with Gasteiger partial charge in [-0.15, -0.1) is 11.8 Å². The van der Waals surface area contributed by atoms with Crippen molar-refractivity contribution in [3.63, 3.8) is 0 Å². The number of benzene rings is 2. The summed E-state index contributed by atoms with van der Waals surface area (Å²) in [5.41, 5.74) is 0.865. The van der Waals surface area contributed by atoms with Crippen molar-refractivity contribution < 1.29 is 19.4 Å². The first-order chi connectivity index (χ1) is 12.7. The van der Waals surface area contributed by atoms with Crippen molar-refractivity contribution in [3.05, 3.63) is 60.2 Å². The van der Waals surface area contributed by atoms with Gasteiger partial charge in [-0.25, -0.2) is 0 Å². The lowest BCUT2D eigenvalue weighted by Gasteiger charge is -2.11. The van der Waals surface area contributed by atoms with Crippen LogP contribution in [-0.2, 0) is 4.79 Å². The SMILES string of the molecule is CCOc1ccc(OCCNC(=O)CSCC(O)c2ccccc2)cc1. The molecule has 0 spiro atoms. The third kappa shape index (κ3) is 7.37. The number of hydrogen-bond donors (Lipinski definition) is 2. The Balaban J connectivity index is 1.56. The summed E-state index contributed by atoms with van der Waals surface area (Å²) in [6.45, 7) is 3.41. The van der Waals surface area contributed by atoms with E-state index in [0.717, 1.165) is 17.1 Å². The molecular formula is C20H25NO4S. The molecule has 0 radical (unpaired) electrons. The number of hydrogen-bond acceptors (Lipinski definition) is 5. The highest BCUT2D eigenvalue weighted by molar-refractivity contribution is 7.99. The molecule has 2 aromatic rings. The Morgan fingerprint density at radius 1 is 1.08 bits per heavy atom. The van der Waals surface area contributed by atoms with E-state index < -0.39 is 6.10 Å². The molecule has 140 valence electrons. The van der Waals surface area contributed by atoms with Gasteiger partial charge in [-0.3, -0.25) is 4.79 Å². The van der Waals surface area contributed by atoms with E-state index in [0.29, 0.717) is 31.3 Å². The van der Waals surface area contributed by atoms with Crippen molar-refractivity contribution in [3.8, 4) is 11.5 Å². The van der Waals surface area contributed by atoms with Gasteiger partial charge in [0.1, 0.15) is 18.1 Å². The molecule has 0 aromatic heterocycles. The highest BCUT2D eigenvalue weighted by Crippen LogP contribution is 2.18. The number of aliphatic hydroxyl groups is 1. The van der Waals surface area contributed by atoms with Crippen molar-refractivity contribution in [2.45, 2.75) is 13.0 Å². The van der Waals surface area contributed by atoms with Gasteiger partial charge in [-0.1, -0.05) is 30.3 Å². The molecule has 2 N–H and O–H groups in total. The largest absolute Gasteiger partial charge is 0.494 e. The maximum absolute atomic E-state index is 11.8. The van der Waals surface area contributed by atoms with Crippen LogP contribution in [0.25, 0.3) is 0 Å². The van der Waals surface area contributed by atoms with Crippen molar-refractivity contribution in [1.82, 2.24) is 5.32 Å². The summed E-state index contributed by atoms with van der Waals surface area (Å²) in [7, 11) is 0. The predicted octanol–water partition coefficient (Wildman–Crippen LogP) is 3.05. The predicted molar refractivity (Wildman–Crippen MR) is 105 cm³/mol. The molecule has 0 saturated heterocycles. The molecular weight excluding hydrogens is 350 g/mol. The fourth-order valence-corrected chi connectivity index (χ4v) is 3.06. The van der Waals surface area contributed by atoms with Crippen LogP contribution in [-0.4, -0.2) is 42.3 Å². The minimum Gasteiger partial charge on any atom is -0.494 e. The van der Waals surface area contributed by atoms with Crippen LogP contribution in [0, 0.1) is 0 Å². The van der Waals surface area contributed by atoms with Crippen molar-refractivity contribution in [1.29, 1.82) is 0 Å². The Morgan fingerprint density at radius 3 is 2.38 bits per heavy atom. The zero-order chi connectivity index (χ0) is 18.6. The summed E-state index contributed by atoms with van der Waals surface area (Å²) in [4.78, 5) is 11.8. The highest BCUT2D eigenvalue weighted by Gasteiger charge is 2.08. The standard InChI is InChI=1S/C20H25NO4S/c1-2-24-17-8-10-18(11-9-17)25-13-12-21-20(23)15-26-14-19(22)16-6-4-3-5-7-16/h3-11,19,22H,2,12-15H2,1H3,(H,21,23). The van der Waals surface area contributed by atoms with Crippen LogP contribution in [0.15, 0.2) is 54.6 Å². The second kappa shape index (κ2) is 11.4. The molecule has 1 unspecified atom stereocenters. The molecule has 2 rings (SSSR count). The van der Waals surface area contributed by atoms with E-state index in [4.69, 9.17) is 9.47 Å². The van der Waals surface area contributed by atoms with E-state index in [1.807, 2.05) is 61.5 Å². The molecule has 6 heteroatoms. The molecule has 1 atom stereocenters. The number of rotatable bonds is 11. The Bertz CT molecular complexity index is 649. The third-order valence-electron chi connectivity index (χ3n) is 3.52. The number of thioether (sulfide) groups is 1. The lowest BCUT2D eigenvalue weighted by atomic mass is 10.1. The summed E-state index contributed by atoms with van der Waals surface area (Å²) in [5.74, 6) is 2.28. The van der Waals surface area contributed by atoms with Gasteiger partial charge in [0.25, 0.3) is 0 Å². The molecule has 0 bridgehead atoms. The molecule has 0 saturated carbocycles. The first-order valence-electron chi connectivity index (χ1n) is 8.62. The average Bonchev–Trinajstić information content (AvgIpc) is 2.67. The third-order valence-corrected chi connectivity index (χ3v) is 4.54. The van der Waals surface area contributed by atoms with Crippen LogP contribution in [0.1, 0.15) is 18.6 Å². The van der Waals surface area contributed by atoms with Crippen LogP contribution in [0.2, 0.25) is 0 Å². The van der Waals surface area contributed by atoms with Crippen LogP contribution < -0.4 is 14.8 Å². The van der Waals surface area contributed by atoms with E-state index >= 15 is 0 Å². The number of carbonyl (C=O) groups is 1. The zero-order valence-electron chi connectivity index (χ0n) is 14.9. The van der Waals surface area contributed by atoms with Gasteiger partial charge in [0.05, 0.1) is 25.0 Å². The Kier molecular flexibility index (Phi) is 8.86. The summed E-state index contributed by atoms with van der Waals surface area (Å²) in [6, 6.07) is 16.8. The number of aliphatic hydroxyl groups excluding tert-OH is 1. The molecule has 1 amide bonds. The summed E-state index contributed by atoms with van der Waals surface area (Å²) in [5, 5.41) is 12.9. The number of amides is 1. The first kappa shape index (κ1) is 20.1. The van der Waals surface area contributed by atoms with Crippen molar-refractivity contribution in [2.24, 2.45) is 0 Å². The summed E-state index contributed by atoms with van der Waals surface area (Å²) >= 11 is 1.41. The molecule has 0 aliphatic carbocycles. The van der Waals surface area contributed by atoms with Crippen LogP contribution in [0.3, 0.4) is 0 Å². The minimum absolute atomic E-state index is 0.0643. The molecule has 2 aromatic carbocycles. The highest BCUT2D eigenvalue weighted by atomic mass is 32.2. The topological polar surface area (TPSA) is 67.8 Å². The number of carbonyl (C=O) groups excluding carboxylic acids is 1. The Labute approximate surface area is 158 Å². The van der Waals surface area contributed by atoms with Gasteiger partial charge in [0, 0.05) is 5.75 Å². The van der Waals surface area contributed by atoms with Gasteiger partial charge >= 0.3 is 0 Å². The van der Waals surface area contributed by atoms with Crippen LogP contribution in [0.4, 0.5) is 0 Å². The smallest absolute Gasteiger partial charge is 0.230 e. The molecule has 0 aliphatic heterocycles. The second-order valence-corrected chi connectivity index (χ2v) is 6.57. The van der Waals surface area contributed by atoms with Gasteiger partial charge < -0.3 is 19.9 Å². The van der Waals surface area contributed by atoms with E-state index in [-0.39, 0.29) is 5.91 Å². The second-order valence-electron chi connectivity index (χ2n) is 5.54. The molecule has 0 aliphatic rings. The van der Waals surface area contributed by atoms with E-state index in [9.17, 15) is 9.90 Å². The maximum Gasteiger partial charge on any atom is 0.230 e. The minimum atomic E-state index is -0.558. The fourth-order valence-electron chi connectivity index (χ4n) is 2.24. The van der Waals surface area contributed by atoms with Crippen molar-refractivity contribution >= 4 is 17.7 Å². The zero-order valence-corrected chi connectivity index (χ0v) is 15.7. The van der Waals surface area contributed by atoms with Gasteiger partial charge in [0.15, 0.2) is 0 Å². The molecule has 0 heterocycles. The Morgan fingerprint density at radius 2 is 1.73 bits per heavy atom. The maximum atomic E-state index is 11.8. The van der Waals surface area contributed by atoms with E-state index in [2.05, 4.69) is 5.32 Å². The molecule has 5 nitrogen and oxygen atoms in total. The molecule has 26 heavy (non-hydrogen) atoms. The lowest BCUT2D eigenvalue weighted by Crippen LogP contribution is -2.29. The van der Waals surface area contributed by atoms with Crippen LogP contribution in [0.5, 0.6) is 11.5 Å². The summed E-state index contributed by atoms with van der Waals surface area (Å²) in [6.07, 6.45) is -0.558. The Hall–Kier alpha value is -2.18. The van der Waals surface area contributed by atoms with Crippen molar-refractivity contribution in [2.75, 3.05) is 31.3 Å².